The maximum absolute atomic E-state index is 12.3. The van der Waals surface area contributed by atoms with Gasteiger partial charge in [0.25, 0.3) is 5.91 Å². The normalized spacial score (nSPS) is 14.8. The van der Waals surface area contributed by atoms with Crippen LogP contribution in [0, 0.1) is 0 Å². The lowest BCUT2D eigenvalue weighted by Gasteiger charge is -2.06. The molecule has 3 rings (SSSR count). The number of hydrogen-bond acceptors (Lipinski definition) is 6. The predicted octanol–water partition coefficient (Wildman–Crippen LogP) is 2.72. The number of amides is 1. The van der Waals surface area contributed by atoms with Crippen molar-refractivity contribution in [3.05, 3.63) is 33.8 Å². The van der Waals surface area contributed by atoms with Gasteiger partial charge < -0.3 is 0 Å². The van der Waals surface area contributed by atoms with E-state index in [1.54, 1.807) is 0 Å². The Bertz CT molecular complexity index is 844. The van der Waals surface area contributed by atoms with E-state index in [2.05, 4.69) is 15.5 Å². The molecule has 2 aromatic rings. The van der Waals surface area contributed by atoms with Crippen LogP contribution in [-0.4, -0.2) is 30.8 Å². The van der Waals surface area contributed by atoms with Crippen LogP contribution in [0.2, 0.25) is 5.02 Å². The van der Waals surface area contributed by atoms with Crippen LogP contribution in [0.1, 0.15) is 34.1 Å². The molecule has 0 bridgehead atoms. The third-order valence-electron chi connectivity index (χ3n) is 3.20. The molecule has 0 unspecified atom stereocenters. The summed E-state index contributed by atoms with van der Waals surface area (Å²) in [5.41, 5.74) is 0.0905. The Morgan fingerprint density at radius 3 is 2.73 bits per heavy atom. The van der Waals surface area contributed by atoms with Gasteiger partial charge in [0.05, 0.1) is 15.5 Å². The molecule has 1 aliphatic carbocycles. The maximum Gasteiger partial charge on any atom is 0.259 e. The lowest BCUT2D eigenvalue weighted by atomic mass is 10.2. The highest BCUT2D eigenvalue weighted by Gasteiger charge is 2.28. The number of carbonyl (C=O) groups is 1. The van der Waals surface area contributed by atoms with Gasteiger partial charge in [-0.1, -0.05) is 22.9 Å². The topological polar surface area (TPSA) is 89.0 Å². The van der Waals surface area contributed by atoms with E-state index in [1.807, 2.05) is 0 Å². The zero-order chi connectivity index (χ0) is 15.9. The molecule has 0 saturated heterocycles. The number of anilines is 1. The van der Waals surface area contributed by atoms with E-state index < -0.39 is 15.7 Å². The average molecular weight is 358 g/mol. The number of aromatic nitrogens is 2. The van der Waals surface area contributed by atoms with E-state index in [-0.39, 0.29) is 15.5 Å². The first kappa shape index (κ1) is 15.4. The van der Waals surface area contributed by atoms with Gasteiger partial charge in [-0.15, -0.1) is 10.2 Å². The highest BCUT2D eigenvalue weighted by molar-refractivity contribution is 7.90. The molecule has 0 spiro atoms. The Labute approximate surface area is 136 Å². The van der Waals surface area contributed by atoms with Gasteiger partial charge in [-0.25, -0.2) is 8.42 Å². The summed E-state index contributed by atoms with van der Waals surface area (Å²) in [4.78, 5) is 12.3. The maximum atomic E-state index is 12.3. The van der Waals surface area contributed by atoms with Crippen molar-refractivity contribution in [3.8, 4) is 0 Å². The van der Waals surface area contributed by atoms with Crippen LogP contribution in [0.3, 0.4) is 0 Å². The van der Waals surface area contributed by atoms with Crippen LogP contribution in [0.5, 0.6) is 0 Å². The Hall–Kier alpha value is -1.51. The average Bonchev–Trinajstić information content (AvgIpc) is 3.19. The molecule has 6 nitrogen and oxygen atoms in total. The number of benzene rings is 1. The largest absolute Gasteiger partial charge is 0.296 e. The first-order valence-corrected chi connectivity index (χ1v) is 9.57. The molecule has 0 radical (unpaired) electrons. The molecule has 1 aliphatic rings. The minimum absolute atomic E-state index is 0.0398. The number of nitrogens with one attached hydrogen (secondary N) is 1. The summed E-state index contributed by atoms with van der Waals surface area (Å²) in [6.45, 7) is 0. The quantitative estimate of drug-likeness (QED) is 0.908. The number of halogens is 1. The first-order valence-electron chi connectivity index (χ1n) is 6.49. The molecular weight excluding hydrogens is 346 g/mol. The minimum atomic E-state index is -3.41. The lowest BCUT2D eigenvalue weighted by Crippen LogP contribution is -2.13. The molecule has 1 heterocycles. The van der Waals surface area contributed by atoms with Crippen LogP contribution < -0.4 is 5.32 Å². The van der Waals surface area contributed by atoms with E-state index in [4.69, 9.17) is 11.6 Å². The van der Waals surface area contributed by atoms with Gasteiger partial charge in [0, 0.05) is 12.2 Å². The number of sulfone groups is 1. The zero-order valence-electron chi connectivity index (χ0n) is 11.5. The Morgan fingerprint density at radius 1 is 1.36 bits per heavy atom. The number of hydrogen-bond donors (Lipinski definition) is 1. The second kappa shape index (κ2) is 5.60. The van der Waals surface area contributed by atoms with E-state index in [0.29, 0.717) is 11.0 Å². The van der Waals surface area contributed by atoms with E-state index in [9.17, 15) is 13.2 Å². The van der Waals surface area contributed by atoms with Crippen molar-refractivity contribution in [3.63, 3.8) is 0 Å². The molecule has 22 heavy (non-hydrogen) atoms. The van der Waals surface area contributed by atoms with E-state index in [0.717, 1.165) is 24.1 Å². The van der Waals surface area contributed by atoms with Crippen molar-refractivity contribution in [1.29, 1.82) is 0 Å². The van der Waals surface area contributed by atoms with Crippen LogP contribution >= 0.6 is 22.9 Å². The molecule has 1 amide bonds. The molecule has 1 fully saturated rings. The smallest absolute Gasteiger partial charge is 0.259 e. The van der Waals surface area contributed by atoms with Crippen LogP contribution in [0.15, 0.2) is 23.1 Å². The van der Waals surface area contributed by atoms with Gasteiger partial charge in [-0.05, 0) is 31.0 Å². The molecule has 1 saturated carbocycles. The molecule has 1 aromatic carbocycles. The SMILES string of the molecule is CS(=O)(=O)c1ccc(Cl)c(C(=O)Nc2nnc(C3CC3)s2)c1. The van der Waals surface area contributed by atoms with Gasteiger partial charge >= 0.3 is 0 Å². The molecule has 0 atom stereocenters. The monoisotopic (exact) mass is 357 g/mol. The Morgan fingerprint density at radius 2 is 2.09 bits per heavy atom. The highest BCUT2D eigenvalue weighted by Crippen LogP contribution is 2.42. The fraction of sp³-hybridized carbons (Fsp3) is 0.308. The molecular formula is C13H12ClN3O3S2. The third kappa shape index (κ3) is 3.29. The van der Waals surface area contributed by atoms with Gasteiger partial charge in [-0.2, -0.15) is 0 Å². The van der Waals surface area contributed by atoms with Gasteiger partial charge in [-0.3, -0.25) is 10.1 Å². The lowest BCUT2D eigenvalue weighted by molar-refractivity contribution is 0.102. The van der Waals surface area contributed by atoms with Gasteiger partial charge in [0.2, 0.25) is 5.13 Å². The molecule has 1 N–H and O–H groups in total. The number of carbonyl (C=O) groups excluding carboxylic acids is 1. The van der Waals surface area contributed by atoms with Crippen molar-refractivity contribution in [2.45, 2.75) is 23.7 Å². The predicted molar refractivity (Wildman–Crippen MR) is 84.4 cm³/mol. The van der Waals surface area contributed by atoms with E-state index >= 15 is 0 Å². The van der Waals surface area contributed by atoms with Crippen molar-refractivity contribution in [2.24, 2.45) is 0 Å². The zero-order valence-corrected chi connectivity index (χ0v) is 13.9. The summed E-state index contributed by atoms with van der Waals surface area (Å²) in [5.74, 6) is -0.0469. The Balaban J connectivity index is 1.84. The molecule has 1 aromatic heterocycles. The summed E-state index contributed by atoms with van der Waals surface area (Å²) in [5, 5.41) is 12.0. The Kier molecular flexibility index (Phi) is 3.92. The summed E-state index contributed by atoms with van der Waals surface area (Å²) in [7, 11) is -3.41. The fourth-order valence-corrected chi connectivity index (χ4v) is 3.61. The van der Waals surface area contributed by atoms with Gasteiger partial charge in [0.15, 0.2) is 9.84 Å². The summed E-state index contributed by atoms with van der Waals surface area (Å²) in [6.07, 6.45) is 3.28. The standard InChI is InChI=1S/C13H12ClN3O3S2/c1-22(19,20)8-4-5-10(14)9(6-8)11(18)15-13-17-16-12(21-13)7-2-3-7/h4-7H,2-3H2,1H3,(H,15,17,18). The van der Waals surface area contributed by atoms with Crippen molar-refractivity contribution < 1.29 is 13.2 Å². The van der Waals surface area contributed by atoms with Gasteiger partial charge in [0.1, 0.15) is 5.01 Å². The summed E-state index contributed by atoms with van der Waals surface area (Å²) >= 11 is 7.31. The second-order valence-corrected chi connectivity index (χ2v) is 8.52. The van der Waals surface area contributed by atoms with Crippen LogP contribution in [0.25, 0.3) is 0 Å². The number of rotatable bonds is 4. The third-order valence-corrected chi connectivity index (χ3v) is 5.64. The molecule has 0 aliphatic heterocycles. The number of nitrogens with zero attached hydrogens (tertiary/aromatic N) is 2. The minimum Gasteiger partial charge on any atom is -0.296 e. The van der Waals surface area contributed by atoms with Crippen LogP contribution in [0.4, 0.5) is 5.13 Å². The molecule has 9 heteroatoms. The summed E-state index contributed by atoms with van der Waals surface area (Å²) < 4.78 is 23.1. The van der Waals surface area contributed by atoms with Crippen molar-refractivity contribution in [1.82, 2.24) is 10.2 Å². The van der Waals surface area contributed by atoms with E-state index in [1.165, 1.54) is 29.5 Å². The highest BCUT2D eigenvalue weighted by atomic mass is 35.5. The molecule has 116 valence electrons. The van der Waals surface area contributed by atoms with Crippen LogP contribution in [-0.2, 0) is 9.84 Å². The van der Waals surface area contributed by atoms with Crippen molar-refractivity contribution in [2.75, 3.05) is 11.6 Å². The first-order chi connectivity index (χ1) is 10.3. The second-order valence-electron chi connectivity index (χ2n) is 5.09. The summed E-state index contributed by atoms with van der Waals surface area (Å²) in [6, 6.07) is 4.02. The van der Waals surface area contributed by atoms with Crippen molar-refractivity contribution >= 4 is 43.8 Å². The fourth-order valence-electron chi connectivity index (χ4n) is 1.85.